The van der Waals surface area contributed by atoms with Gasteiger partial charge in [-0.15, -0.1) is 23.5 Å². The fraction of sp³-hybridized carbons (Fsp3) is 0.472. The Morgan fingerprint density at radius 3 is 2.00 bits per heavy atom. The first-order valence-corrected chi connectivity index (χ1v) is 20.2. The lowest BCUT2D eigenvalue weighted by Crippen LogP contribution is -2.53. The van der Waals surface area contributed by atoms with Crippen molar-refractivity contribution in [1.29, 1.82) is 0 Å². The van der Waals surface area contributed by atoms with Crippen molar-refractivity contribution < 1.29 is 23.8 Å². The first-order chi connectivity index (χ1) is 20.9. The average molecular weight is 653 g/mol. The van der Waals surface area contributed by atoms with E-state index in [1.54, 1.807) is 7.11 Å². The summed E-state index contributed by atoms with van der Waals surface area (Å²) in [5, 5.41) is 9.67. The molecule has 4 atom stereocenters. The number of carboxylic acid groups (broad SMARTS) is 1. The van der Waals surface area contributed by atoms with Crippen LogP contribution in [0.25, 0.3) is 0 Å². The van der Waals surface area contributed by atoms with Crippen LogP contribution in [0.1, 0.15) is 52.0 Å². The Morgan fingerprint density at radius 2 is 1.50 bits per heavy atom. The summed E-state index contributed by atoms with van der Waals surface area (Å²) in [7, 11) is -0.455. The highest BCUT2D eigenvalue weighted by Crippen LogP contribution is 2.45. The zero-order valence-electron chi connectivity index (χ0n) is 26.9. The third kappa shape index (κ3) is 10.1. The number of methoxy groups -OCH3 is 1. The fourth-order valence-electron chi connectivity index (χ4n) is 5.37. The van der Waals surface area contributed by atoms with Crippen molar-refractivity contribution in [2.24, 2.45) is 5.92 Å². The molecule has 1 heterocycles. The van der Waals surface area contributed by atoms with Crippen LogP contribution < -0.4 is 4.74 Å². The van der Waals surface area contributed by atoms with Gasteiger partial charge in [-0.05, 0) is 91.7 Å². The fourth-order valence-corrected chi connectivity index (χ4v) is 9.40. The lowest BCUT2D eigenvalue weighted by molar-refractivity contribution is -0.150. The second kappa shape index (κ2) is 15.9. The molecule has 4 rings (SSSR count). The first kappa shape index (κ1) is 34.6. The summed E-state index contributed by atoms with van der Waals surface area (Å²) in [5.41, 5.74) is 1.20. The molecule has 1 N–H and O–H groups in total. The second-order valence-corrected chi connectivity index (χ2v) is 20.7. The van der Waals surface area contributed by atoms with Gasteiger partial charge < -0.3 is 19.0 Å². The van der Waals surface area contributed by atoms with Gasteiger partial charge in [0.2, 0.25) is 0 Å². The van der Waals surface area contributed by atoms with Gasteiger partial charge in [-0.25, -0.2) is 0 Å². The number of rotatable bonds is 14. The van der Waals surface area contributed by atoms with E-state index in [1.807, 2.05) is 47.8 Å². The van der Waals surface area contributed by atoms with Gasteiger partial charge in [0.25, 0.3) is 0 Å². The third-order valence-corrected chi connectivity index (χ3v) is 15.9. The molecule has 0 amide bonds. The highest BCUT2D eigenvalue weighted by atomic mass is 32.2. The van der Waals surface area contributed by atoms with Gasteiger partial charge in [0, 0.05) is 16.2 Å². The van der Waals surface area contributed by atoms with Crippen LogP contribution in [-0.2, 0) is 20.4 Å². The van der Waals surface area contributed by atoms with Gasteiger partial charge in [-0.1, -0.05) is 69.3 Å². The lowest BCUT2D eigenvalue weighted by atomic mass is 9.82. The molecule has 0 radical (unpaired) electrons. The standard InChI is InChI=1S/C36H48O5S2Si/c1-36(2,3)44(5,6)41-33-24-27(23-26-17-19-28(39-4)20-18-26)31(21-22-34(37)38)40-32(33)25-35(42-29-13-9-7-10-14-29)43-30-15-11-8-12-16-30/h7-20,27,31-33,35H,21-25H2,1-6H3,(H,37,38)/t27-,31+,32-,33+/m0/s1. The maximum absolute atomic E-state index is 11.7. The summed E-state index contributed by atoms with van der Waals surface area (Å²) < 4.78 is 19.8. The van der Waals surface area contributed by atoms with Crippen LogP contribution in [0.5, 0.6) is 5.75 Å². The third-order valence-electron chi connectivity index (χ3n) is 8.82. The Labute approximate surface area is 273 Å². The quantitative estimate of drug-likeness (QED) is 0.106. The van der Waals surface area contributed by atoms with Crippen LogP contribution in [0.15, 0.2) is 94.7 Å². The van der Waals surface area contributed by atoms with Crippen molar-refractivity contribution in [1.82, 2.24) is 0 Å². The minimum atomic E-state index is -2.13. The molecule has 238 valence electrons. The molecule has 3 aromatic carbocycles. The maximum atomic E-state index is 11.7. The lowest BCUT2D eigenvalue weighted by Gasteiger charge is -2.47. The van der Waals surface area contributed by atoms with Gasteiger partial charge >= 0.3 is 5.97 Å². The first-order valence-electron chi connectivity index (χ1n) is 15.5. The molecular formula is C36H48O5S2Si. The highest BCUT2D eigenvalue weighted by Gasteiger charge is 2.45. The molecule has 0 unspecified atom stereocenters. The number of carboxylic acids is 1. The topological polar surface area (TPSA) is 65.0 Å². The Bertz CT molecular complexity index is 1260. The predicted molar refractivity (Wildman–Crippen MR) is 185 cm³/mol. The van der Waals surface area contributed by atoms with Crippen molar-refractivity contribution in [2.45, 2.75) is 104 Å². The van der Waals surface area contributed by atoms with Crippen LogP contribution >= 0.6 is 23.5 Å². The summed E-state index contributed by atoms with van der Waals surface area (Å²) in [5.74, 6) is 0.189. The largest absolute Gasteiger partial charge is 0.497 e. The smallest absolute Gasteiger partial charge is 0.303 e. The maximum Gasteiger partial charge on any atom is 0.303 e. The normalized spacial score (nSPS) is 20.9. The number of thioether (sulfide) groups is 2. The minimum absolute atomic E-state index is 0.0557. The number of benzene rings is 3. The average Bonchev–Trinajstić information content (AvgIpc) is 2.98. The van der Waals surface area contributed by atoms with Crippen LogP contribution in [0.3, 0.4) is 0 Å². The molecule has 44 heavy (non-hydrogen) atoms. The van der Waals surface area contributed by atoms with E-state index >= 15 is 0 Å². The van der Waals surface area contributed by atoms with E-state index < -0.39 is 14.3 Å². The van der Waals surface area contributed by atoms with E-state index in [1.165, 1.54) is 15.4 Å². The monoisotopic (exact) mass is 652 g/mol. The number of ether oxygens (including phenoxy) is 2. The van der Waals surface area contributed by atoms with E-state index in [9.17, 15) is 9.90 Å². The van der Waals surface area contributed by atoms with Gasteiger partial charge in [0.05, 0.1) is 30.0 Å². The Kier molecular flexibility index (Phi) is 12.5. The second-order valence-electron chi connectivity index (χ2n) is 13.1. The highest BCUT2D eigenvalue weighted by molar-refractivity contribution is 8.17. The van der Waals surface area contributed by atoms with Crippen molar-refractivity contribution in [3.63, 3.8) is 0 Å². The molecule has 1 fully saturated rings. The Hall–Kier alpha value is -2.23. The zero-order valence-corrected chi connectivity index (χ0v) is 29.5. The minimum Gasteiger partial charge on any atom is -0.497 e. The van der Waals surface area contributed by atoms with Gasteiger partial charge in [0.15, 0.2) is 8.32 Å². The number of hydrogen-bond acceptors (Lipinski definition) is 6. The van der Waals surface area contributed by atoms with Crippen molar-refractivity contribution in [2.75, 3.05) is 7.11 Å². The molecule has 3 aromatic rings. The van der Waals surface area contributed by atoms with E-state index in [0.717, 1.165) is 25.0 Å². The number of aliphatic carboxylic acids is 1. The van der Waals surface area contributed by atoms with E-state index in [0.29, 0.717) is 6.42 Å². The van der Waals surface area contributed by atoms with Gasteiger partial charge in [-0.2, -0.15) is 0 Å². The molecule has 1 aliphatic rings. The van der Waals surface area contributed by atoms with Gasteiger partial charge in [-0.3, -0.25) is 4.79 Å². The van der Waals surface area contributed by atoms with Gasteiger partial charge in [0.1, 0.15) is 5.75 Å². The molecule has 0 bridgehead atoms. The van der Waals surface area contributed by atoms with E-state index in [2.05, 4.69) is 94.5 Å². The van der Waals surface area contributed by atoms with E-state index in [4.69, 9.17) is 13.9 Å². The molecule has 0 spiro atoms. The Balaban J connectivity index is 1.64. The van der Waals surface area contributed by atoms with E-state index in [-0.39, 0.29) is 40.3 Å². The Morgan fingerprint density at radius 1 is 0.932 bits per heavy atom. The molecule has 0 aromatic heterocycles. The van der Waals surface area contributed by atoms with Crippen LogP contribution in [0.2, 0.25) is 18.1 Å². The molecule has 0 aliphatic carbocycles. The zero-order chi connectivity index (χ0) is 31.7. The summed E-state index contributed by atoms with van der Waals surface area (Å²) in [6.07, 6.45) is 2.62. The number of carbonyl (C=O) groups is 1. The molecule has 0 saturated carbocycles. The molecule has 1 aliphatic heterocycles. The van der Waals surface area contributed by atoms with Crippen molar-refractivity contribution in [3.8, 4) is 5.75 Å². The summed E-state index contributed by atoms with van der Waals surface area (Å²) in [6.45, 7) is 11.5. The van der Waals surface area contributed by atoms with Crippen molar-refractivity contribution >= 4 is 37.8 Å². The summed E-state index contributed by atoms with van der Waals surface area (Å²) in [6, 6.07) is 29.3. The van der Waals surface area contributed by atoms with Crippen molar-refractivity contribution in [3.05, 3.63) is 90.5 Å². The molecule has 1 saturated heterocycles. The molecular weight excluding hydrogens is 605 g/mol. The predicted octanol–water partition coefficient (Wildman–Crippen LogP) is 9.57. The SMILES string of the molecule is COc1ccc(C[C@H]2C[C@@H](O[Si](C)(C)C(C)(C)C)[C@H](CC(Sc3ccccc3)Sc3ccccc3)O[C@@H]2CCC(=O)O)cc1. The molecule has 8 heteroatoms. The van der Waals surface area contributed by atoms with Crippen LogP contribution in [0.4, 0.5) is 0 Å². The molecule has 5 nitrogen and oxygen atoms in total. The van der Waals surface area contributed by atoms with Crippen LogP contribution in [0, 0.1) is 5.92 Å². The van der Waals surface area contributed by atoms with Crippen LogP contribution in [-0.4, -0.2) is 49.4 Å². The number of hydrogen-bond donors (Lipinski definition) is 1. The summed E-state index contributed by atoms with van der Waals surface area (Å²) >= 11 is 3.72. The summed E-state index contributed by atoms with van der Waals surface area (Å²) in [4.78, 5) is 14.2.